The number of anilines is 2. The van der Waals surface area contributed by atoms with E-state index in [1.54, 1.807) is 0 Å². The maximum absolute atomic E-state index is 11.6. The van der Waals surface area contributed by atoms with Crippen LogP contribution in [0.2, 0.25) is 0 Å². The molecule has 0 bridgehead atoms. The third-order valence-electron chi connectivity index (χ3n) is 5.17. The van der Waals surface area contributed by atoms with Gasteiger partial charge in [0.1, 0.15) is 0 Å². The van der Waals surface area contributed by atoms with Crippen molar-refractivity contribution in [2.75, 3.05) is 36.0 Å². The van der Waals surface area contributed by atoms with Gasteiger partial charge in [-0.15, -0.1) is 0 Å². The normalized spacial score (nSPS) is 10.9. The number of hydrogen-bond acceptors (Lipinski definition) is 3. The van der Waals surface area contributed by atoms with E-state index in [-0.39, 0.29) is 0 Å². The van der Waals surface area contributed by atoms with Gasteiger partial charge in [-0.25, -0.2) is 0 Å². The van der Waals surface area contributed by atoms with Gasteiger partial charge in [-0.1, -0.05) is 38.8 Å². The monoisotopic (exact) mass is 354 g/mol. The Morgan fingerprint density at radius 1 is 0.808 bits per heavy atom. The summed E-state index contributed by atoms with van der Waals surface area (Å²) in [6.07, 6.45) is 5.74. The van der Waals surface area contributed by atoms with E-state index in [0.717, 1.165) is 43.4 Å². The van der Waals surface area contributed by atoms with Gasteiger partial charge in [-0.3, -0.25) is 4.79 Å². The summed E-state index contributed by atoms with van der Waals surface area (Å²) in [7, 11) is 0. The summed E-state index contributed by atoms with van der Waals surface area (Å²) in [4.78, 5) is 16.6. The first-order chi connectivity index (χ1) is 12.7. The quantitative estimate of drug-likeness (QED) is 0.469. The molecule has 0 unspecified atom stereocenters. The van der Waals surface area contributed by atoms with E-state index in [4.69, 9.17) is 0 Å². The Morgan fingerprint density at radius 2 is 1.42 bits per heavy atom. The van der Waals surface area contributed by atoms with Crippen molar-refractivity contribution in [3.63, 3.8) is 0 Å². The number of rotatable bonds is 11. The van der Waals surface area contributed by atoms with Gasteiger partial charge in [0.15, 0.2) is 6.29 Å². The molecule has 0 saturated carbocycles. The highest BCUT2D eigenvalue weighted by atomic mass is 16.1. The van der Waals surface area contributed by atoms with Crippen molar-refractivity contribution in [1.82, 2.24) is 0 Å². The van der Waals surface area contributed by atoms with Crippen LogP contribution in [-0.4, -0.2) is 32.5 Å². The number of benzene rings is 2. The lowest BCUT2D eigenvalue weighted by Crippen LogP contribution is -2.27. The van der Waals surface area contributed by atoms with E-state index in [0.29, 0.717) is 0 Å². The molecule has 3 nitrogen and oxygen atoms in total. The fourth-order valence-corrected chi connectivity index (χ4v) is 3.64. The lowest BCUT2D eigenvalue weighted by Gasteiger charge is -2.30. The van der Waals surface area contributed by atoms with Crippen LogP contribution in [0, 0.1) is 0 Å². The van der Waals surface area contributed by atoms with Crippen LogP contribution in [0.25, 0.3) is 10.8 Å². The summed E-state index contributed by atoms with van der Waals surface area (Å²) in [6.45, 7) is 12.9. The standard InChI is InChI=1S/C23H34N2O/c1-5-9-16-25(17-10-6-2)21-13-11-12-20-19(18-26)14-15-22(23(20)21)24(7-3)8-4/h11-15,18H,5-10,16-17H2,1-4H3. The van der Waals surface area contributed by atoms with Crippen LogP contribution in [0.1, 0.15) is 63.7 Å². The first-order valence-corrected chi connectivity index (χ1v) is 10.2. The van der Waals surface area contributed by atoms with Gasteiger partial charge in [-0.05, 0) is 50.3 Å². The number of nitrogens with zero attached hydrogens (tertiary/aromatic N) is 2. The number of hydrogen-bond donors (Lipinski definition) is 0. The number of fused-ring (bicyclic) bond motifs is 1. The lowest BCUT2D eigenvalue weighted by atomic mass is 10.00. The first-order valence-electron chi connectivity index (χ1n) is 10.2. The molecule has 142 valence electrons. The van der Waals surface area contributed by atoms with Crippen molar-refractivity contribution in [3.05, 3.63) is 35.9 Å². The Hall–Kier alpha value is -2.03. The van der Waals surface area contributed by atoms with Crippen LogP contribution in [0.5, 0.6) is 0 Å². The highest BCUT2D eigenvalue weighted by Gasteiger charge is 2.17. The van der Waals surface area contributed by atoms with Crippen molar-refractivity contribution < 1.29 is 4.79 Å². The molecule has 0 aliphatic heterocycles. The van der Waals surface area contributed by atoms with E-state index in [9.17, 15) is 4.79 Å². The number of carbonyl (C=O) groups is 1. The van der Waals surface area contributed by atoms with Gasteiger partial charge in [0, 0.05) is 48.5 Å². The molecule has 0 amide bonds. The number of carbonyl (C=O) groups excluding carboxylic acids is 1. The summed E-state index contributed by atoms with van der Waals surface area (Å²) >= 11 is 0. The molecular weight excluding hydrogens is 320 g/mol. The second-order valence-corrected chi connectivity index (χ2v) is 6.86. The average Bonchev–Trinajstić information content (AvgIpc) is 2.68. The van der Waals surface area contributed by atoms with E-state index in [1.165, 1.54) is 42.4 Å². The minimum absolute atomic E-state index is 0.781. The fraction of sp³-hybridized carbons (Fsp3) is 0.522. The molecular formula is C23H34N2O. The fourth-order valence-electron chi connectivity index (χ4n) is 3.64. The van der Waals surface area contributed by atoms with Crippen LogP contribution in [0.4, 0.5) is 11.4 Å². The summed E-state index contributed by atoms with van der Waals surface area (Å²) in [5.41, 5.74) is 3.29. The molecule has 0 N–H and O–H groups in total. The summed E-state index contributed by atoms with van der Waals surface area (Å²) in [5.74, 6) is 0. The van der Waals surface area contributed by atoms with Crippen molar-refractivity contribution in [2.24, 2.45) is 0 Å². The highest BCUT2D eigenvalue weighted by molar-refractivity contribution is 6.10. The molecule has 0 spiro atoms. The maximum atomic E-state index is 11.6. The van der Waals surface area contributed by atoms with Gasteiger partial charge < -0.3 is 9.80 Å². The Labute approximate surface area is 159 Å². The Balaban J connectivity index is 2.68. The molecule has 2 rings (SSSR count). The molecule has 0 atom stereocenters. The zero-order valence-electron chi connectivity index (χ0n) is 16.9. The predicted octanol–water partition coefficient (Wildman–Crippen LogP) is 5.91. The van der Waals surface area contributed by atoms with Gasteiger partial charge in [0.2, 0.25) is 0 Å². The van der Waals surface area contributed by atoms with Crippen LogP contribution >= 0.6 is 0 Å². The molecule has 0 radical (unpaired) electrons. The predicted molar refractivity (Wildman–Crippen MR) is 115 cm³/mol. The Bertz CT molecular complexity index is 699. The lowest BCUT2D eigenvalue weighted by molar-refractivity contribution is 0.112. The molecule has 26 heavy (non-hydrogen) atoms. The zero-order valence-corrected chi connectivity index (χ0v) is 16.9. The third kappa shape index (κ3) is 4.38. The van der Waals surface area contributed by atoms with Crippen LogP contribution in [0.3, 0.4) is 0 Å². The van der Waals surface area contributed by atoms with E-state index in [2.05, 4.69) is 61.8 Å². The van der Waals surface area contributed by atoms with Crippen LogP contribution < -0.4 is 9.80 Å². The topological polar surface area (TPSA) is 23.6 Å². The van der Waals surface area contributed by atoms with Gasteiger partial charge in [-0.2, -0.15) is 0 Å². The minimum Gasteiger partial charge on any atom is -0.372 e. The first kappa shape index (κ1) is 20.3. The summed E-state index contributed by atoms with van der Waals surface area (Å²) in [5, 5.41) is 2.30. The van der Waals surface area contributed by atoms with E-state index >= 15 is 0 Å². The minimum atomic E-state index is 0.781. The highest BCUT2D eigenvalue weighted by Crippen LogP contribution is 2.37. The second kappa shape index (κ2) is 10.2. The largest absolute Gasteiger partial charge is 0.372 e. The second-order valence-electron chi connectivity index (χ2n) is 6.86. The van der Waals surface area contributed by atoms with Crippen LogP contribution in [-0.2, 0) is 0 Å². The molecule has 3 heteroatoms. The van der Waals surface area contributed by atoms with Gasteiger partial charge in [0.25, 0.3) is 0 Å². The summed E-state index contributed by atoms with van der Waals surface area (Å²) in [6, 6.07) is 10.5. The molecule has 0 fully saturated rings. The van der Waals surface area contributed by atoms with Crippen molar-refractivity contribution in [3.8, 4) is 0 Å². The van der Waals surface area contributed by atoms with Crippen molar-refractivity contribution in [1.29, 1.82) is 0 Å². The van der Waals surface area contributed by atoms with Gasteiger partial charge >= 0.3 is 0 Å². The van der Waals surface area contributed by atoms with Gasteiger partial charge in [0.05, 0.1) is 0 Å². The molecule has 0 aliphatic rings. The SMILES string of the molecule is CCCCN(CCCC)c1cccc2c(C=O)ccc(N(CC)CC)c12. The van der Waals surface area contributed by atoms with Crippen molar-refractivity contribution in [2.45, 2.75) is 53.4 Å². The molecule has 2 aromatic carbocycles. The number of unbranched alkanes of at least 4 members (excludes halogenated alkanes) is 2. The molecule has 0 saturated heterocycles. The zero-order chi connectivity index (χ0) is 18.9. The molecule has 0 aromatic heterocycles. The average molecular weight is 355 g/mol. The van der Waals surface area contributed by atoms with Crippen LogP contribution in [0.15, 0.2) is 30.3 Å². The van der Waals surface area contributed by atoms with Crippen molar-refractivity contribution >= 4 is 28.4 Å². The Kier molecular flexibility index (Phi) is 7.96. The summed E-state index contributed by atoms with van der Waals surface area (Å²) < 4.78 is 0. The number of aldehydes is 1. The smallest absolute Gasteiger partial charge is 0.150 e. The Morgan fingerprint density at radius 3 is 1.96 bits per heavy atom. The molecule has 2 aromatic rings. The third-order valence-corrected chi connectivity index (χ3v) is 5.17. The molecule has 0 heterocycles. The molecule has 0 aliphatic carbocycles. The van der Waals surface area contributed by atoms with E-state index in [1.807, 2.05) is 6.07 Å². The van der Waals surface area contributed by atoms with E-state index < -0.39 is 0 Å². The maximum Gasteiger partial charge on any atom is 0.150 e.